The quantitative estimate of drug-likeness (QED) is 0.298. The predicted octanol–water partition coefficient (Wildman–Crippen LogP) is 4.82. The largest absolute Gasteiger partial charge is 0.493 e. The number of nitrogens with zero attached hydrogens (tertiary/aromatic N) is 1. The molecule has 2 aromatic carbocycles. The maximum atomic E-state index is 13.5. The van der Waals surface area contributed by atoms with E-state index in [0.717, 1.165) is 11.3 Å². The molecule has 11 heteroatoms. The number of hydrogen-bond acceptors (Lipinski definition) is 10. The normalized spacial score (nSPS) is 11.6. The van der Waals surface area contributed by atoms with Gasteiger partial charge in [-0.1, -0.05) is 23.5 Å². The molecule has 2 aromatic heterocycles. The zero-order valence-electron chi connectivity index (χ0n) is 21.4. The van der Waals surface area contributed by atoms with E-state index in [2.05, 4.69) is 10.3 Å². The molecule has 38 heavy (non-hydrogen) atoms. The topological polar surface area (TPSA) is 126 Å². The Morgan fingerprint density at radius 2 is 1.84 bits per heavy atom. The molecule has 0 radical (unpaired) electrons. The summed E-state index contributed by atoms with van der Waals surface area (Å²) in [5, 5.41) is 3.14. The number of hydrogen-bond donors (Lipinski definition) is 1. The van der Waals surface area contributed by atoms with Gasteiger partial charge in [-0.2, -0.15) is 0 Å². The number of aryl methyl sites for hydroxylation is 1. The lowest BCUT2D eigenvalue weighted by atomic mass is 10.1. The van der Waals surface area contributed by atoms with Crippen LogP contribution in [0.25, 0.3) is 22.3 Å². The number of esters is 1. The van der Waals surface area contributed by atoms with Gasteiger partial charge < -0.3 is 23.4 Å². The number of para-hydroxylation sites is 1. The van der Waals surface area contributed by atoms with Crippen LogP contribution in [0.1, 0.15) is 29.2 Å². The number of aromatic nitrogens is 1. The third kappa shape index (κ3) is 5.32. The Labute approximate surface area is 222 Å². The minimum absolute atomic E-state index is 0.129. The molecular formula is C27H26N2O8S. The molecule has 0 fully saturated rings. The molecule has 1 unspecified atom stereocenters. The standard InChI is InChI=1S/C27H26N2O8S/c1-6-35-26(32)24-14(2)28-27(38-24)29-25(31)15(3)36-23-21(30)17-9-7-8-10-18(17)37-22(23)16-11-12-19(33-4)20(13-16)34-5/h7-13,15H,6H2,1-5H3,(H,28,29,31). The van der Waals surface area contributed by atoms with Crippen molar-refractivity contribution in [2.75, 3.05) is 26.1 Å². The van der Waals surface area contributed by atoms with E-state index in [1.54, 1.807) is 56.3 Å². The number of thiazole rings is 1. The van der Waals surface area contributed by atoms with E-state index in [1.165, 1.54) is 21.1 Å². The SMILES string of the molecule is CCOC(=O)c1sc(NC(=O)C(C)Oc2c(-c3ccc(OC)c(OC)c3)oc3ccccc3c2=O)nc1C. The summed E-state index contributed by atoms with van der Waals surface area (Å²) in [7, 11) is 3.01. The summed E-state index contributed by atoms with van der Waals surface area (Å²) in [4.78, 5) is 43.1. The van der Waals surface area contributed by atoms with Crippen LogP contribution in [0.3, 0.4) is 0 Å². The van der Waals surface area contributed by atoms with Gasteiger partial charge in [0.25, 0.3) is 5.91 Å². The summed E-state index contributed by atoms with van der Waals surface area (Å²) < 4.78 is 27.7. The smallest absolute Gasteiger partial charge is 0.350 e. The van der Waals surface area contributed by atoms with Crippen LogP contribution in [0.5, 0.6) is 17.2 Å². The number of carbonyl (C=O) groups excluding carboxylic acids is 2. The molecule has 1 N–H and O–H groups in total. The molecule has 0 spiro atoms. The first-order chi connectivity index (χ1) is 18.3. The zero-order valence-corrected chi connectivity index (χ0v) is 22.3. The van der Waals surface area contributed by atoms with Crippen LogP contribution in [-0.4, -0.2) is 43.8 Å². The molecule has 0 aliphatic heterocycles. The number of nitrogens with one attached hydrogen (secondary N) is 1. The Morgan fingerprint density at radius 1 is 1.11 bits per heavy atom. The fraction of sp³-hybridized carbons (Fsp3) is 0.259. The van der Waals surface area contributed by atoms with E-state index in [4.69, 9.17) is 23.4 Å². The van der Waals surface area contributed by atoms with Gasteiger partial charge in [0, 0.05) is 5.56 Å². The van der Waals surface area contributed by atoms with Gasteiger partial charge in [-0.25, -0.2) is 9.78 Å². The van der Waals surface area contributed by atoms with E-state index >= 15 is 0 Å². The first-order valence-electron chi connectivity index (χ1n) is 11.7. The summed E-state index contributed by atoms with van der Waals surface area (Å²) in [5.41, 5.74) is 0.841. The Balaban J connectivity index is 1.68. The van der Waals surface area contributed by atoms with E-state index in [-0.39, 0.29) is 23.2 Å². The number of fused-ring (bicyclic) bond motifs is 1. The van der Waals surface area contributed by atoms with Gasteiger partial charge in [0.05, 0.1) is 31.9 Å². The van der Waals surface area contributed by atoms with Crippen molar-refractivity contribution in [3.8, 4) is 28.6 Å². The number of benzene rings is 2. The Hall–Kier alpha value is -4.38. The maximum absolute atomic E-state index is 13.5. The van der Waals surface area contributed by atoms with Crippen molar-refractivity contribution in [1.29, 1.82) is 0 Å². The van der Waals surface area contributed by atoms with Gasteiger partial charge in [0.1, 0.15) is 10.5 Å². The van der Waals surface area contributed by atoms with E-state index in [1.807, 2.05) is 0 Å². The lowest BCUT2D eigenvalue weighted by Crippen LogP contribution is -2.31. The first kappa shape index (κ1) is 26.7. The van der Waals surface area contributed by atoms with Crippen molar-refractivity contribution in [1.82, 2.24) is 4.98 Å². The number of amides is 1. The maximum Gasteiger partial charge on any atom is 0.350 e. The van der Waals surface area contributed by atoms with E-state index in [9.17, 15) is 14.4 Å². The third-order valence-electron chi connectivity index (χ3n) is 5.55. The number of anilines is 1. The molecule has 4 aromatic rings. The average Bonchev–Trinajstić information content (AvgIpc) is 3.29. The number of rotatable bonds is 9. The van der Waals surface area contributed by atoms with Gasteiger partial charge in [-0.05, 0) is 51.1 Å². The molecule has 2 heterocycles. The molecule has 198 valence electrons. The summed E-state index contributed by atoms with van der Waals surface area (Å²) in [6.07, 6.45) is -1.12. The average molecular weight is 539 g/mol. The van der Waals surface area contributed by atoms with Gasteiger partial charge in [-0.15, -0.1) is 0 Å². The highest BCUT2D eigenvalue weighted by Crippen LogP contribution is 2.37. The zero-order chi connectivity index (χ0) is 27.4. The summed E-state index contributed by atoms with van der Waals surface area (Å²) in [6.45, 7) is 5.07. The van der Waals surface area contributed by atoms with Crippen LogP contribution in [0, 0.1) is 6.92 Å². The summed E-state index contributed by atoms with van der Waals surface area (Å²) >= 11 is 0.993. The van der Waals surface area contributed by atoms with Crippen LogP contribution in [0.2, 0.25) is 0 Å². The van der Waals surface area contributed by atoms with Crippen molar-refractivity contribution < 1.29 is 33.0 Å². The molecule has 0 aliphatic rings. The molecule has 1 atom stereocenters. The van der Waals surface area contributed by atoms with Crippen molar-refractivity contribution in [2.45, 2.75) is 26.9 Å². The Kier molecular flexibility index (Phi) is 7.96. The number of ether oxygens (including phenoxy) is 4. The lowest BCUT2D eigenvalue weighted by molar-refractivity contribution is -0.122. The monoisotopic (exact) mass is 538 g/mol. The molecular weight excluding hydrogens is 512 g/mol. The molecule has 10 nitrogen and oxygen atoms in total. The van der Waals surface area contributed by atoms with Crippen LogP contribution in [0.4, 0.5) is 5.13 Å². The minimum atomic E-state index is -1.12. The molecule has 1 amide bonds. The van der Waals surface area contributed by atoms with Crippen molar-refractivity contribution in [3.63, 3.8) is 0 Å². The second-order valence-corrected chi connectivity index (χ2v) is 9.06. The number of carbonyl (C=O) groups is 2. The second-order valence-electron chi connectivity index (χ2n) is 8.06. The fourth-order valence-corrected chi connectivity index (χ4v) is 4.54. The van der Waals surface area contributed by atoms with Crippen molar-refractivity contribution >= 4 is 39.3 Å². The van der Waals surface area contributed by atoms with Crippen LogP contribution < -0.4 is 25.0 Å². The van der Waals surface area contributed by atoms with Gasteiger partial charge in [-0.3, -0.25) is 14.9 Å². The highest BCUT2D eigenvalue weighted by atomic mass is 32.1. The van der Waals surface area contributed by atoms with Gasteiger partial charge in [0.15, 0.2) is 28.5 Å². The van der Waals surface area contributed by atoms with Crippen LogP contribution in [0.15, 0.2) is 51.7 Å². The van der Waals surface area contributed by atoms with Crippen LogP contribution in [-0.2, 0) is 9.53 Å². The fourth-order valence-electron chi connectivity index (χ4n) is 3.67. The van der Waals surface area contributed by atoms with Gasteiger partial charge >= 0.3 is 5.97 Å². The second kappa shape index (κ2) is 11.3. The molecule has 0 bridgehead atoms. The van der Waals surface area contributed by atoms with Crippen molar-refractivity contribution in [3.05, 3.63) is 63.3 Å². The highest BCUT2D eigenvalue weighted by molar-refractivity contribution is 7.17. The summed E-state index contributed by atoms with van der Waals surface area (Å²) in [6, 6.07) is 11.8. The van der Waals surface area contributed by atoms with Gasteiger partial charge in [0.2, 0.25) is 11.2 Å². The van der Waals surface area contributed by atoms with E-state index in [0.29, 0.717) is 38.6 Å². The Morgan fingerprint density at radius 3 is 2.55 bits per heavy atom. The van der Waals surface area contributed by atoms with E-state index < -0.39 is 23.4 Å². The molecule has 4 rings (SSSR count). The molecule has 0 saturated carbocycles. The van der Waals surface area contributed by atoms with Crippen molar-refractivity contribution in [2.24, 2.45) is 0 Å². The predicted molar refractivity (Wildman–Crippen MR) is 143 cm³/mol. The molecule has 0 saturated heterocycles. The highest BCUT2D eigenvalue weighted by Gasteiger charge is 2.25. The number of methoxy groups -OCH3 is 2. The third-order valence-corrected chi connectivity index (χ3v) is 6.61. The Bertz CT molecular complexity index is 1560. The minimum Gasteiger partial charge on any atom is -0.493 e. The summed E-state index contributed by atoms with van der Waals surface area (Å²) in [5.74, 6) is -0.171. The molecule has 0 aliphatic carbocycles. The lowest BCUT2D eigenvalue weighted by Gasteiger charge is -2.17. The first-order valence-corrected chi connectivity index (χ1v) is 12.5. The van der Waals surface area contributed by atoms with Crippen LogP contribution >= 0.6 is 11.3 Å².